The van der Waals surface area contributed by atoms with Crippen LogP contribution in [-0.2, 0) is 11.2 Å². The van der Waals surface area contributed by atoms with E-state index in [4.69, 9.17) is 0 Å². The van der Waals surface area contributed by atoms with Crippen LogP contribution in [0.5, 0.6) is 0 Å². The van der Waals surface area contributed by atoms with Gasteiger partial charge in [-0.25, -0.2) is 0 Å². The molecule has 2 rings (SSSR count). The van der Waals surface area contributed by atoms with Crippen molar-refractivity contribution in [3.63, 3.8) is 0 Å². The smallest absolute Gasteiger partial charge is 0.264 e. The van der Waals surface area contributed by atoms with Gasteiger partial charge in [0.05, 0.1) is 4.88 Å². The third-order valence-corrected chi connectivity index (χ3v) is 4.90. The van der Waals surface area contributed by atoms with Gasteiger partial charge in [0.2, 0.25) is 5.91 Å². The molecule has 1 aliphatic heterocycles. The van der Waals surface area contributed by atoms with Crippen molar-refractivity contribution in [3.05, 3.63) is 21.4 Å². The van der Waals surface area contributed by atoms with E-state index in [0.717, 1.165) is 11.3 Å². The van der Waals surface area contributed by atoms with Gasteiger partial charge in [0.25, 0.3) is 5.91 Å². The number of hydrogen-bond donors (Lipinski definition) is 1. The number of carbonyl (C=O) groups is 2. The Morgan fingerprint density at radius 2 is 2.26 bits per heavy atom. The summed E-state index contributed by atoms with van der Waals surface area (Å²) in [7, 11) is 0. The summed E-state index contributed by atoms with van der Waals surface area (Å²) >= 11 is 1.55. The molecule has 1 aromatic heterocycles. The maximum Gasteiger partial charge on any atom is 0.264 e. The topological polar surface area (TPSA) is 49.4 Å². The Morgan fingerprint density at radius 3 is 2.84 bits per heavy atom. The molecule has 104 valence electrons. The number of piperazine rings is 1. The highest BCUT2D eigenvalue weighted by atomic mass is 32.1. The standard InChI is InChI=1S/C14H20N2O2S/c1-4-10-13(17)15-6-7-16(10)14(18)12-8-9(3)11(5-2)19-12/h8,10H,4-7H2,1-3H3,(H,15,17). The van der Waals surface area contributed by atoms with Crippen LogP contribution in [0.2, 0.25) is 0 Å². The molecule has 19 heavy (non-hydrogen) atoms. The third kappa shape index (κ3) is 2.66. The number of nitrogens with one attached hydrogen (secondary N) is 1. The average molecular weight is 280 g/mol. The lowest BCUT2D eigenvalue weighted by molar-refractivity contribution is -0.127. The Balaban J connectivity index is 2.24. The molecule has 1 atom stereocenters. The van der Waals surface area contributed by atoms with Crippen molar-refractivity contribution in [2.45, 2.75) is 39.7 Å². The Labute approximate surface area is 117 Å². The first kappa shape index (κ1) is 14.1. The van der Waals surface area contributed by atoms with Crippen molar-refractivity contribution in [1.82, 2.24) is 10.2 Å². The van der Waals surface area contributed by atoms with E-state index >= 15 is 0 Å². The maximum absolute atomic E-state index is 12.6. The zero-order chi connectivity index (χ0) is 14.0. The summed E-state index contributed by atoms with van der Waals surface area (Å²) in [5.41, 5.74) is 1.17. The second-order valence-electron chi connectivity index (χ2n) is 4.78. The number of aryl methyl sites for hydroxylation is 2. The second kappa shape index (κ2) is 5.74. The number of nitrogens with zero attached hydrogens (tertiary/aromatic N) is 1. The molecule has 1 fully saturated rings. The first-order valence-corrected chi connectivity index (χ1v) is 7.58. The van der Waals surface area contributed by atoms with Crippen LogP contribution in [0.1, 0.15) is 40.4 Å². The third-order valence-electron chi connectivity index (χ3n) is 3.53. The van der Waals surface area contributed by atoms with Crippen molar-refractivity contribution in [1.29, 1.82) is 0 Å². The molecule has 4 nitrogen and oxygen atoms in total. The molecular formula is C14H20N2O2S. The quantitative estimate of drug-likeness (QED) is 0.920. The van der Waals surface area contributed by atoms with Gasteiger partial charge in [-0.05, 0) is 31.4 Å². The highest BCUT2D eigenvalue weighted by Gasteiger charge is 2.32. The molecular weight excluding hydrogens is 260 g/mol. The molecule has 1 unspecified atom stereocenters. The fourth-order valence-electron chi connectivity index (χ4n) is 2.48. The van der Waals surface area contributed by atoms with Gasteiger partial charge < -0.3 is 10.2 Å². The molecule has 1 N–H and O–H groups in total. The van der Waals surface area contributed by atoms with Gasteiger partial charge in [-0.1, -0.05) is 13.8 Å². The van der Waals surface area contributed by atoms with Crippen LogP contribution in [0.25, 0.3) is 0 Å². The zero-order valence-electron chi connectivity index (χ0n) is 11.7. The molecule has 2 heterocycles. The van der Waals surface area contributed by atoms with Gasteiger partial charge >= 0.3 is 0 Å². The van der Waals surface area contributed by atoms with Gasteiger partial charge in [0, 0.05) is 18.0 Å². The van der Waals surface area contributed by atoms with Crippen LogP contribution >= 0.6 is 11.3 Å². The summed E-state index contributed by atoms with van der Waals surface area (Å²) in [5.74, 6) is -0.0411. The van der Waals surface area contributed by atoms with Crippen molar-refractivity contribution in [2.75, 3.05) is 13.1 Å². The monoisotopic (exact) mass is 280 g/mol. The molecule has 1 aliphatic rings. The van der Waals surface area contributed by atoms with Crippen LogP contribution < -0.4 is 5.32 Å². The first-order chi connectivity index (χ1) is 9.08. The Bertz CT molecular complexity index is 496. The molecule has 0 aromatic carbocycles. The second-order valence-corrected chi connectivity index (χ2v) is 5.92. The number of thiophene rings is 1. The minimum Gasteiger partial charge on any atom is -0.353 e. The fourth-order valence-corrected chi connectivity index (χ4v) is 3.55. The van der Waals surface area contributed by atoms with Crippen molar-refractivity contribution < 1.29 is 9.59 Å². The normalized spacial score (nSPS) is 19.4. The van der Waals surface area contributed by atoms with Crippen molar-refractivity contribution in [3.8, 4) is 0 Å². The van der Waals surface area contributed by atoms with E-state index in [1.54, 1.807) is 16.2 Å². The molecule has 1 aromatic rings. The molecule has 0 spiro atoms. The number of carbonyl (C=O) groups excluding carboxylic acids is 2. The van der Waals surface area contributed by atoms with Gasteiger partial charge in [-0.2, -0.15) is 0 Å². The van der Waals surface area contributed by atoms with Gasteiger partial charge in [0.1, 0.15) is 6.04 Å². The van der Waals surface area contributed by atoms with Crippen molar-refractivity contribution in [2.24, 2.45) is 0 Å². The zero-order valence-corrected chi connectivity index (χ0v) is 12.5. The van der Waals surface area contributed by atoms with E-state index in [-0.39, 0.29) is 17.9 Å². The summed E-state index contributed by atoms with van der Waals surface area (Å²) in [4.78, 5) is 28.1. The highest BCUT2D eigenvalue weighted by molar-refractivity contribution is 7.14. The van der Waals surface area contributed by atoms with E-state index in [1.807, 2.05) is 19.9 Å². The van der Waals surface area contributed by atoms with E-state index in [1.165, 1.54) is 10.4 Å². The van der Waals surface area contributed by atoms with Crippen LogP contribution in [0.3, 0.4) is 0 Å². The fraction of sp³-hybridized carbons (Fsp3) is 0.571. The van der Waals surface area contributed by atoms with E-state index < -0.39 is 0 Å². The predicted molar refractivity (Wildman–Crippen MR) is 76.6 cm³/mol. The Kier molecular flexibility index (Phi) is 4.24. The lowest BCUT2D eigenvalue weighted by Gasteiger charge is -2.34. The molecule has 0 saturated carbocycles. The molecule has 0 bridgehead atoms. The predicted octanol–water partition coefficient (Wildman–Crippen LogP) is 1.97. The van der Waals surface area contributed by atoms with E-state index in [9.17, 15) is 9.59 Å². The minimum absolute atomic E-state index is 0.00509. The first-order valence-electron chi connectivity index (χ1n) is 6.76. The maximum atomic E-state index is 12.6. The van der Waals surface area contributed by atoms with Crippen LogP contribution in [0, 0.1) is 6.92 Å². The number of rotatable bonds is 3. The van der Waals surface area contributed by atoms with Gasteiger partial charge in [-0.3, -0.25) is 9.59 Å². The number of hydrogen-bond acceptors (Lipinski definition) is 3. The summed E-state index contributed by atoms with van der Waals surface area (Å²) in [6, 6.07) is 1.62. The Hall–Kier alpha value is -1.36. The summed E-state index contributed by atoms with van der Waals surface area (Å²) < 4.78 is 0. The van der Waals surface area contributed by atoms with Crippen LogP contribution in [0.4, 0.5) is 0 Å². The van der Waals surface area contributed by atoms with E-state index in [0.29, 0.717) is 19.5 Å². The van der Waals surface area contributed by atoms with Gasteiger partial charge in [0.15, 0.2) is 0 Å². The summed E-state index contributed by atoms with van der Waals surface area (Å²) in [5, 5.41) is 2.82. The van der Waals surface area contributed by atoms with Crippen LogP contribution in [-0.4, -0.2) is 35.8 Å². The lowest BCUT2D eigenvalue weighted by Crippen LogP contribution is -2.56. The summed E-state index contributed by atoms with van der Waals surface area (Å²) in [6.07, 6.45) is 1.60. The molecule has 1 saturated heterocycles. The van der Waals surface area contributed by atoms with Crippen molar-refractivity contribution >= 4 is 23.2 Å². The molecule has 0 aliphatic carbocycles. The SMILES string of the molecule is CCc1sc(C(=O)N2CCNC(=O)C2CC)cc1C. The average Bonchev–Trinajstić information content (AvgIpc) is 2.78. The van der Waals surface area contributed by atoms with Crippen LogP contribution in [0.15, 0.2) is 6.07 Å². The molecule has 5 heteroatoms. The Morgan fingerprint density at radius 1 is 1.53 bits per heavy atom. The molecule has 0 radical (unpaired) electrons. The minimum atomic E-state index is -0.325. The largest absolute Gasteiger partial charge is 0.353 e. The van der Waals surface area contributed by atoms with E-state index in [2.05, 4.69) is 12.2 Å². The lowest BCUT2D eigenvalue weighted by atomic mass is 10.1. The molecule has 2 amide bonds. The van der Waals surface area contributed by atoms with Gasteiger partial charge in [-0.15, -0.1) is 11.3 Å². The highest BCUT2D eigenvalue weighted by Crippen LogP contribution is 2.25. The summed E-state index contributed by atoms with van der Waals surface area (Å²) in [6.45, 7) is 7.21. The number of amides is 2.